The topological polar surface area (TPSA) is 124 Å². The van der Waals surface area contributed by atoms with Crippen LogP contribution in [0.4, 0.5) is 5.82 Å². The van der Waals surface area contributed by atoms with E-state index in [-0.39, 0.29) is 24.7 Å². The number of carbonyl (C=O) groups is 1. The molecule has 3 rings (SSSR count). The quantitative estimate of drug-likeness (QED) is 0.711. The van der Waals surface area contributed by atoms with E-state index in [4.69, 9.17) is 10.5 Å². The summed E-state index contributed by atoms with van der Waals surface area (Å²) in [7, 11) is 0. The molecule has 1 amide bonds. The molecule has 3 N–H and O–H groups in total. The summed E-state index contributed by atoms with van der Waals surface area (Å²) in [5.74, 6) is 0.874. The molecule has 2 aromatic rings. The molecule has 0 saturated carbocycles. The predicted octanol–water partition coefficient (Wildman–Crippen LogP) is -0.424. The third-order valence-electron chi connectivity index (χ3n) is 4.16. The number of pyridine rings is 1. The van der Waals surface area contributed by atoms with Gasteiger partial charge in [0.15, 0.2) is 5.82 Å². The standard InChI is InChI=1S/C16H24N8O2/c1-11-7-23(8-12(2)26-11)9-14-20-21-22-24(14)10-15(25)19-6-13-4-3-5-18-16(13)17/h3-5,11-12H,6-10H2,1-2H3,(H2,17,18)(H,19,25)/t11-,12+. The fraction of sp³-hybridized carbons (Fsp3) is 0.562. The van der Waals surface area contributed by atoms with Crippen LogP contribution in [0.1, 0.15) is 25.2 Å². The van der Waals surface area contributed by atoms with Gasteiger partial charge in [-0.2, -0.15) is 0 Å². The molecule has 2 aromatic heterocycles. The lowest BCUT2D eigenvalue weighted by molar-refractivity contribution is -0.122. The van der Waals surface area contributed by atoms with E-state index in [9.17, 15) is 4.79 Å². The third-order valence-corrected chi connectivity index (χ3v) is 4.16. The zero-order valence-electron chi connectivity index (χ0n) is 15.0. The number of morpholine rings is 1. The highest BCUT2D eigenvalue weighted by Crippen LogP contribution is 2.13. The number of nitrogens with two attached hydrogens (primary N) is 1. The highest BCUT2D eigenvalue weighted by Gasteiger charge is 2.24. The van der Waals surface area contributed by atoms with Gasteiger partial charge in [-0.05, 0) is 30.3 Å². The normalized spacial score (nSPS) is 20.8. The number of nitrogens with one attached hydrogen (secondary N) is 1. The van der Waals surface area contributed by atoms with Crippen LogP contribution in [0.3, 0.4) is 0 Å². The molecule has 1 aliphatic heterocycles. The van der Waals surface area contributed by atoms with Crippen LogP contribution in [0.15, 0.2) is 18.3 Å². The Hall–Kier alpha value is -2.59. The predicted molar refractivity (Wildman–Crippen MR) is 93.6 cm³/mol. The maximum absolute atomic E-state index is 12.2. The van der Waals surface area contributed by atoms with Crippen molar-refractivity contribution < 1.29 is 9.53 Å². The molecule has 0 spiro atoms. The molecule has 0 unspecified atom stereocenters. The number of amides is 1. The molecule has 10 heteroatoms. The summed E-state index contributed by atoms with van der Waals surface area (Å²) in [6.07, 6.45) is 1.94. The van der Waals surface area contributed by atoms with E-state index in [1.165, 1.54) is 4.68 Å². The first-order valence-electron chi connectivity index (χ1n) is 8.60. The fourth-order valence-electron chi connectivity index (χ4n) is 3.06. The van der Waals surface area contributed by atoms with Gasteiger partial charge in [0.2, 0.25) is 5.91 Å². The average molecular weight is 360 g/mol. The monoisotopic (exact) mass is 360 g/mol. The number of ether oxygens (including phenoxy) is 1. The zero-order chi connectivity index (χ0) is 18.5. The van der Waals surface area contributed by atoms with E-state index < -0.39 is 0 Å². The van der Waals surface area contributed by atoms with Crippen LogP contribution in [0.5, 0.6) is 0 Å². The van der Waals surface area contributed by atoms with Gasteiger partial charge in [0.1, 0.15) is 12.4 Å². The van der Waals surface area contributed by atoms with Crippen LogP contribution in [0.25, 0.3) is 0 Å². The second-order valence-corrected chi connectivity index (χ2v) is 6.53. The first-order valence-corrected chi connectivity index (χ1v) is 8.60. The minimum atomic E-state index is -0.189. The summed E-state index contributed by atoms with van der Waals surface area (Å²) in [6.45, 7) is 6.65. The molecule has 0 radical (unpaired) electrons. The Balaban J connectivity index is 1.55. The van der Waals surface area contributed by atoms with Gasteiger partial charge in [-0.3, -0.25) is 9.69 Å². The molecule has 1 saturated heterocycles. The van der Waals surface area contributed by atoms with Gasteiger partial charge in [0.25, 0.3) is 0 Å². The number of hydrogen-bond donors (Lipinski definition) is 2. The molecular formula is C16H24N8O2. The Morgan fingerprint density at radius 1 is 1.38 bits per heavy atom. The minimum Gasteiger partial charge on any atom is -0.383 e. The lowest BCUT2D eigenvalue weighted by Gasteiger charge is -2.34. The summed E-state index contributed by atoms with van der Waals surface area (Å²) in [6, 6.07) is 3.60. The second kappa shape index (κ2) is 8.19. The Bertz CT molecular complexity index is 739. The van der Waals surface area contributed by atoms with Crippen LogP contribution in [-0.2, 0) is 29.2 Å². The van der Waals surface area contributed by atoms with Crippen molar-refractivity contribution in [1.82, 2.24) is 35.4 Å². The fourth-order valence-corrected chi connectivity index (χ4v) is 3.06. The summed E-state index contributed by atoms with van der Waals surface area (Å²) >= 11 is 0. The Morgan fingerprint density at radius 2 is 2.15 bits per heavy atom. The number of nitrogen functional groups attached to an aromatic ring is 1. The maximum Gasteiger partial charge on any atom is 0.242 e. The third kappa shape index (κ3) is 4.73. The molecule has 0 aliphatic carbocycles. The number of aromatic nitrogens is 5. The van der Waals surface area contributed by atoms with Gasteiger partial charge in [-0.1, -0.05) is 6.07 Å². The molecular weight excluding hydrogens is 336 g/mol. The van der Waals surface area contributed by atoms with Crippen molar-refractivity contribution in [2.45, 2.75) is 45.7 Å². The Labute approximate surface area is 151 Å². The number of nitrogens with zero attached hydrogens (tertiary/aromatic N) is 6. The first-order chi connectivity index (χ1) is 12.5. The second-order valence-electron chi connectivity index (χ2n) is 6.53. The molecule has 0 bridgehead atoms. The molecule has 1 aliphatic rings. The van der Waals surface area contributed by atoms with E-state index >= 15 is 0 Å². The summed E-state index contributed by atoms with van der Waals surface area (Å²) in [4.78, 5) is 18.4. The summed E-state index contributed by atoms with van der Waals surface area (Å²) in [5.41, 5.74) is 6.55. The zero-order valence-corrected chi connectivity index (χ0v) is 15.0. The number of carbonyl (C=O) groups excluding carboxylic acids is 1. The Morgan fingerprint density at radius 3 is 2.88 bits per heavy atom. The lowest BCUT2D eigenvalue weighted by Crippen LogP contribution is -2.45. The lowest BCUT2D eigenvalue weighted by atomic mass is 10.2. The van der Waals surface area contributed by atoms with Gasteiger partial charge >= 0.3 is 0 Å². The van der Waals surface area contributed by atoms with Crippen LogP contribution in [-0.4, -0.2) is 61.3 Å². The average Bonchev–Trinajstić information content (AvgIpc) is 3.00. The van der Waals surface area contributed by atoms with E-state index in [0.29, 0.717) is 24.7 Å². The SMILES string of the molecule is C[C@@H]1CN(Cc2nnnn2CC(=O)NCc2cccnc2N)C[C@H](C)O1. The van der Waals surface area contributed by atoms with E-state index in [0.717, 1.165) is 18.7 Å². The number of hydrogen-bond acceptors (Lipinski definition) is 8. The molecule has 140 valence electrons. The molecule has 2 atom stereocenters. The van der Waals surface area contributed by atoms with Gasteiger partial charge in [0, 0.05) is 31.4 Å². The van der Waals surface area contributed by atoms with Crippen molar-refractivity contribution >= 4 is 11.7 Å². The van der Waals surface area contributed by atoms with Crippen molar-refractivity contribution in [2.24, 2.45) is 0 Å². The van der Waals surface area contributed by atoms with E-state index in [1.54, 1.807) is 12.3 Å². The van der Waals surface area contributed by atoms with Crippen LogP contribution in [0, 0.1) is 0 Å². The van der Waals surface area contributed by atoms with Crippen LogP contribution < -0.4 is 11.1 Å². The summed E-state index contributed by atoms with van der Waals surface area (Å²) < 4.78 is 7.25. The van der Waals surface area contributed by atoms with E-state index in [1.807, 2.05) is 19.9 Å². The van der Waals surface area contributed by atoms with Gasteiger partial charge in [0.05, 0.1) is 18.8 Å². The van der Waals surface area contributed by atoms with Crippen molar-refractivity contribution in [2.75, 3.05) is 18.8 Å². The van der Waals surface area contributed by atoms with Crippen molar-refractivity contribution in [3.05, 3.63) is 29.7 Å². The highest BCUT2D eigenvalue weighted by atomic mass is 16.5. The Kier molecular flexibility index (Phi) is 5.74. The van der Waals surface area contributed by atoms with Gasteiger partial charge in [-0.15, -0.1) is 5.10 Å². The van der Waals surface area contributed by atoms with Crippen LogP contribution in [0.2, 0.25) is 0 Å². The molecule has 0 aromatic carbocycles. The maximum atomic E-state index is 12.2. The van der Waals surface area contributed by atoms with Gasteiger partial charge < -0.3 is 15.8 Å². The van der Waals surface area contributed by atoms with Crippen molar-refractivity contribution in [1.29, 1.82) is 0 Å². The smallest absolute Gasteiger partial charge is 0.242 e. The van der Waals surface area contributed by atoms with Crippen LogP contribution >= 0.6 is 0 Å². The van der Waals surface area contributed by atoms with E-state index in [2.05, 4.69) is 30.7 Å². The molecule has 10 nitrogen and oxygen atoms in total. The number of tetrazole rings is 1. The number of rotatable bonds is 6. The van der Waals surface area contributed by atoms with Gasteiger partial charge in [-0.25, -0.2) is 9.67 Å². The molecule has 26 heavy (non-hydrogen) atoms. The molecule has 3 heterocycles. The van der Waals surface area contributed by atoms with Crippen molar-refractivity contribution in [3.8, 4) is 0 Å². The summed E-state index contributed by atoms with van der Waals surface area (Å²) in [5, 5.41) is 14.5. The van der Waals surface area contributed by atoms with Crippen molar-refractivity contribution in [3.63, 3.8) is 0 Å². The molecule has 1 fully saturated rings. The largest absolute Gasteiger partial charge is 0.383 e. The highest BCUT2D eigenvalue weighted by molar-refractivity contribution is 5.75. The first kappa shape index (κ1) is 18.2. The minimum absolute atomic E-state index is 0.0535. The number of anilines is 1.